The monoisotopic (exact) mass is 343 g/mol. The third kappa shape index (κ3) is 4.08. The van der Waals surface area contributed by atoms with Crippen molar-refractivity contribution in [3.63, 3.8) is 0 Å². The molecule has 0 radical (unpaired) electrons. The number of rotatable bonds is 5. The summed E-state index contributed by atoms with van der Waals surface area (Å²) < 4.78 is 0. The molecule has 0 aliphatic heterocycles. The van der Waals surface area contributed by atoms with E-state index < -0.39 is 0 Å². The summed E-state index contributed by atoms with van der Waals surface area (Å²) in [5.41, 5.74) is 2.28. The maximum atomic E-state index is 12.4. The molecule has 2 N–H and O–H groups in total. The smallest absolute Gasteiger partial charge is 0.241 e. The fourth-order valence-electron chi connectivity index (χ4n) is 2.94. The van der Waals surface area contributed by atoms with E-state index in [0.717, 1.165) is 5.56 Å². The minimum Gasteiger partial charge on any atom is -0.325 e. The van der Waals surface area contributed by atoms with Gasteiger partial charge in [0.1, 0.15) is 0 Å². The van der Waals surface area contributed by atoms with Crippen LogP contribution < -0.4 is 10.6 Å². The highest BCUT2D eigenvalue weighted by atomic mass is 16.2. The molecule has 3 aromatic carbocycles. The fourth-order valence-corrected chi connectivity index (χ4v) is 2.94. The number of carbonyl (C=O) groups is 1. The summed E-state index contributed by atoms with van der Waals surface area (Å²) >= 11 is 0. The quantitative estimate of drug-likeness (QED) is 0.722. The van der Waals surface area contributed by atoms with Gasteiger partial charge in [0.05, 0.1) is 17.7 Å². The fraction of sp³-hybridized carbons (Fsp3) is 0.182. The van der Waals surface area contributed by atoms with Crippen LogP contribution in [0.1, 0.15) is 31.0 Å². The first kappa shape index (κ1) is 17.7. The zero-order valence-electron chi connectivity index (χ0n) is 14.9. The Kier molecular flexibility index (Phi) is 5.31. The third-order valence-electron chi connectivity index (χ3n) is 4.43. The summed E-state index contributed by atoms with van der Waals surface area (Å²) in [5, 5.41) is 17.5. The molecule has 0 bridgehead atoms. The summed E-state index contributed by atoms with van der Waals surface area (Å²) in [4.78, 5) is 12.4. The van der Waals surface area contributed by atoms with Crippen molar-refractivity contribution < 1.29 is 4.79 Å². The highest BCUT2D eigenvalue weighted by molar-refractivity contribution is 5.94. The van der Waals surface area contributed by atoms with E-state index in [1.807, 2.05) is 26.0 Å². The maximum absolute atomic E-state index is 12.4. The van der Waals surface area contributed by atoms with E-state index in [9.17, 15) is 4.79 Å². The van der Waals surface area contributed by atoms with Gasteiger partial charge in [-0.3, -0.25) is 10.1 Å². The number of hydrogen-bond donors (Lipinski definition) is 2. The molecule has 0 aliphatic carbocycles. The lowest BCUT2D eigenvalue weighted by atomic mass is 10.0. The number of amides is 1. The topological polar surface area (TPSA) is 64.9 Å². The van der Waals surface area contributed by atoms with Gasteiger partial charge in [-0.2, -0.15) is 5.26 Å². The van der Waals surface area contributed by atoms with Crippen molar-refractivity contribution in [1.82, 2.24) is 5.32 Å². The zero-order chi connectivity index (χ0) is 18.5. The molecule has 0 aliphatic rings. The maximum Gasteiger partial charge on any atom is 0.241 e. The normalized spacial score (nSPS) is 13.0. The van der Waals surface area contributed by atoms with Crippen LogP contribution in [-0.4, -0.2) is 11.9 Å². The molecular formula is C22H21N3O. The lowest BCUT2D eigenvalue weighted by Crippen LogP contribution is -2.39. The summed E-state index contributed by atoms with van der Waals surface area (Å²) in [6, 6.07) is 23.2. The lowest BCUT2D eigenvalue weighted by molar-refractivity contribution is -0.117. The van der Waals surface area contributed by atoms with Crippen LogP contribution in [0.2, 0.25) is 0 Å². The van der Waals surface area contributed by atoms with Gasteiger partial charge in [-0.1, -0.05) is 42.5 Å². The Labute approximate surface area is 153 Å². The molecular weight excluding hydrogens is 322 g/mol. The lowest BCUT2D eigenvalue weighted by Gasteiger charge is -2.20. The summed E-state index contributed by atoms with van der Waals surface area (Å²) in [6.45, 7) is 3.88. The summed E-state index contributed by atoms with van der Waals surface area (Å²) in [5.74, 6) is -0.132. The number of fused-ring (bicyclic) bond motifs is 1. The van der Waals surface area contributed by atoms with Crippen molar-refractivity contribution in [3.05, 3.63) is 77.9 Å². The summed E-state index contributed by atoms with van der Waals surface area (Å²) in [7, 11) is 0. The Morgan fingerprint density at radius 2 is 1.73 bits per heavy atom. The number of nitriles is 1. The van der Waals surface area contributed by atoms with E-state index in [4.69, 9.17) is 5.26 Å². The average Bonchev–Trinajstić information content (AvgIpc) is 2.67. The first-order valence-electron chi connectivity index (χ1n) is 8.62. The number of hydrogen-bond acceptors (Lipinski definition) is 3. The Balaban J connectivity index is 1.66. The molecule has 0 aromatic heterocycles. The molecule has 0 fully saturated rings. The number of benzene rings is 3. The van der Waals surface area contributed by atoms with Gasteiger partial charge in [-0.15, -0.1) is 0 Å². The Hall–Kier alpha value is -3.16. The first-order chi connectivity index (χ1) is 12.6. The van der Waals surface area contributed by atoms with Crippen LogP contribution >= 0.6 is 0 Å². The number of anilines is 1. The Bertz CT molecular complexity index is 974. The van der Waals surface area contributed by atoms with Gasteiger partial charge in [0.25, 0.3) is 0 Å². The number of nitrogens with one attached hydrogen (secondary N) is 2. The van der Waals surface area contributed by atoms with E-state index in [1.165, 1.54) is 10.8 Å². The third-order valence-corrected chi connectivity index (χ3v) is 4.43. The van der Waals surface area contributed by atoms with Crippen molar-refractivity contribution in [2.75, 3.05) is 5.32 Å². The van der Waals surface area contributed by atoms with Gasteiger partial charge in [-0.05, 0) is 54.4 Å². The molecule has 4 nitrogen and oxygen atoms in total. The molecule has 0 spiro atoms. The van der Waals surface area contributed by atoms with E-state index in [1.54, 1.807) is 24.3 Å². The van der Waals surface area contributed by atoms with Crippen LogP contribution in [0.25, 0.3) is 10.8 Å². The van der Waals surface area contributed by atoms with Crippen LogP contribution in [-0.2, 0) is 4.79 Å². The molecule has 3 rings (SSSR count). The van der Waals surface area contributed by atoms with Crippen molar-refractivity contribution in [3.8, 4) is 6.07 Å². The Morgan fingerprint density at radius 3 is 2.50 bits per heavy atom. The minimum atomic E-state index is -0.373. The van der Waals surface area contributed by atoms with E-state index >= 15 is 0 Å². The molecule has 0 heterocycles. The molecule has 0 unspecified atom stereocenters. The number of carbonyl (C=O) groups excluding carboxylic acids is 1. The van der Waals surface area contributed by atoms with Crippen molar-refractivity contribution in [2.24, 2.45) is 0 Å². The molecule has 130 valence electrons. The zero-order valence-corrected chi connectivity index (χ0v) is 14.9. The molecule has 0 saturated heterocycles. The highest BCUT2D eigenvalue weighted by Crippen LogP contribution is 2.20. The second-order valence-corrected chi connectivity index (χ2v) is 6.40. The predicted octanol–water partition coefficient (Wildman–Crippen LogP) is 4.39. The molecule has 0 saturated carbocycles. The van der Waals surface area contributed by atoms with Crippen LogP contribution in [0, 0.1) is 11.3 Å². The van der Waals surface area contributed by atoms with Crippen molar-refractivity contribution >= 4 is 22.4 Å². The van der Waals surface area contributed by atoms with Crippen LogP contribution in [0.15, 0.2) is 66.7 Å². The summed E-state index contributed by atoms with van der Waals surface area (Å²) in [6.07, 6.45) is 0. The van der Waals surface area contributed by atoms with Gasteiger partial charge >= 0.3 is 0 Å². The van der Waals surface area contributed by atoms with E-state index in [2.05, 4.69) is 47.0 Å². The molecule has 3 aromatic rings. The number of nitrogens with zero attached hydrogens (tertiary/aromatic N) is 1. The van der Waals surface area contributed by atoms with Crippen LogP contribution in [0.4, 0.5) is 5.69 Å². The molecule has 4 heteroatoms. The average molecular weight is 343 g/mol. The second-order valence-electron chi connectivity index (χ2n) is 6.40. The highest BCUT2D eigenvalue weighted by Gasteiger charge is 2.16. The Morgan fingerprint density at radius 1 is 0.962 bits per heavy atom. The van der Waals surface area contributed by atoms with Gasteiger partial charge in [-0.25, -0.2) is 0 Å². The van der Waals surface area contributed by atoms with Crippen LogP contribution in [0.5, 0.6) is 0 Å². The molecule has 1 amide bonds. The van der Waals surface area contributed by atoms with Gasteiger partial charge < -0.3 is 5.32 Å². The van der Waals surface area contributed by atoms with Gasteiger partial charge in [0, 0.05) is 11.7 Å². The van der Waals surface area contributed by atoms with Crippen LogP contribution in [0.3, 0.4) is 0 Å². The predicted molar refractivity (Wildman–Crippen MR) is 105 cm³/mol. The van der Waals surface area contributed by atoms with Gasteiger partial charge in [0.2, 0.25) is 5.91 Å². The second kappa shape index (κ2) is 7.81. The van der Waals surface area contributed by atoms with E-state index in [0.29, 0.717) is 11.3 Å². The van der Waals surface area contributed by atoms with Gasteiger partial charge in [0.15, 0.2) is 0 Å². The standard InChI is InChI=1S/C22H21N3O/c1-15(19-11-10-18-7-3-4-8-20(18)13-19)24-16(2)22(26)25-21-9-5-6-17(12-21)14-23/h3-13,15-16,24H,1-2H3,(H,25,26)/t15-,16-/m0/s1. The van der Waals surface area contributed by atoms with E-state index in [-0.39, 0.29) is 18.0 Å². The minimum absolute atomic E-state index is 0.0331. The van der Waals surface area contributed by atoms with Crippen molar-refractivity contribution in [1.29, 1.82) is 5.26 Å². The largest absolute Gasteiger partial charge is 0.325 e. The SMILES string of the molecule is C[C@H](N[C@@H](C)c1ccc2ccccc2c1)C(=O)Nc1cccc(C#N)c1. The molecule has 2 atom stereocenters. The first-order valence-corrected chi connectivity index (χ1v) is 8.62. The molecule has 26 heavy (non-hydrogen) atoms. The van der Waals surface area contributed by atoms with Crippen molar-refractivity contribution in [2.45, 2.75) is 25.9 Å².